The number of nitrogens with two attached hydrogens (primary N) is 1. The first-order valence-corrected chi connectivity index (χ1v) is 7.40. The summed E-state index contributed by atoms with van der Waals surface area (Å²) in [5, 5.41) is 7.62. The van der Waals surface area contributed by atoms with Crippen molar-refractivity contribution in [3.63, 3.8) is 0 Å². The Labute approximate surface area is 124 Å². The van der Waals surface area contributed by atoms with Crippen LogP contribution in [0.4, 0.5) is 11.8 Å². The Hall–Kier alpha value is -1.95. The first kappa shape index (κ1) is 14.0. The summed E-state index contributed by atoms with van der Waals surface area (Å²) in [6, 6.07) is 2.36. The van der Waals surface area contributed by atoms with Gasteiger partial charge in [0.25, 0.3) is 0 Å². The Balaban J connectivity index is 1.88. The lowest BCUT2D eigenvalue weighted by molar-refractivity contribution is 0.247. The van der Waals surface area contributed by atoms with E-state index in [0.717, 1.165) is 41.8 Å². The first-order chi connectivity index (χ1) is 9.97. The Bertz CT molecular complexity index is 659. The monoisotopic (exact) mass is 286 g/mol. The fraction of sp³-hybridized carbons (Fsp3) is 0.533. The minimum Gasteiger partial charge on any atom is -0.369 e. The molecular formula is C15H22N6. The van der Waals surface area contributed by atoms with Crippen molar-refractivity contribution >= 4 is 22.7 Å². The van der Waals surface area contributed by atoms with Crippen molar-refractivity contribution in [1.29, 1.82) is 0 Å². The Kier molecular flexibility index (Phi) is 3.41. The summed E-state index contributed by atoms with van der Waals surface area (Å²) < 4.78 is 0. The molecule has 0 aliphatic heterocycles. The van der Waals surface area contributed by atoms with Crippen LogP contribution < -0.4 is 16.4 Å². The first-order valence-electron chi connectivity index (χ1n) is 7.40. The number of aryl methyl sites for hydroxylation is 1. The molecule has 2 aromatic rings. The summed E-state index contributed by atoms with van der Waals surface area (Å²) in [5.74, 6) is 1.46. The Morgan fingerprint density at radius 1 is 1.38 bits per heavy atom. The highest BCUT2D eigenvalue weighted by Gasteiger charge is 2.37. The van der Waals surface area contributed by atoms with Crippen LogP contribution in [-0.4, -0.2) is 33.1 Å². The summed E-state index contributed by atoms with van der Waals surface area (Å²) in [5.41, 5.74) is 7.80. The molecule has 0 bridgehead atoms. The van der Waals surface area contributed by atoms with Crippen LogP contribution in [0.15, 0.2) is 12.3 Å². The predicted molar refractivity (Wildman–Crippen MR) is 85.5 cm³/mol. The van der Waals surface area contributed by atoms with Gasteiger partial charge in [0, 0.05) is 35.4 Å². The van der Waals surface area contributed by atoms with Gasteiger partial charge in [0.05, 0.1) is 0 Å². The van der Waals surface area contributed by atoms with Crippen molar-refractivity contribution in [3.05, 3.63) is 18.0 Å². The highest BCUT2D eigenvalue weighted by Crippen LogP contribution is 2.31. The van der Waals surface area contributed by atoms with Crippen molar-refractivity contribution in [1.82, 2.24) is 15.0 Å². The molecule has 4 N–H and O–H groups in total. The quantitative estimate of drug-likeness (QED) is 0.797. The van der Waals surface area contributed by atoms with Gasteiger partial charge >= 0.3 is 0 Å². The molecule has 21 heavy (non-hydrogen) atoms. The van der Waals surface area contributed by atoms with E-state index < -0.39 is 0 Å². The Morgan fingerprint density at radius 2 is 2.14 bits per heavy atom. The van der Waals surface area contributed by atoms with E-state index in [2.05, 4.69) is 32.5 Å². The van der Waals surface area contributed by atoms with E-state index in [1.54, 1.807) is 0 Å². The number of nitrogens with zero attached hydrogens (tertiary/aromatic N) is 3. The smallest absolute Gasteiger partial charge is 0.223 e. The van der Waals surface area contributed by atoms with E-state index in [0.29, 0.717) is 12.0 Å². The molecular weight excluding hydrogens is 264 g/mol. The number of pyridine rings is 1. The fourth-order valence-corrected chi connectivity index (χ4v) is 2.88. The number of aromatic nitrogens is 3. The fourth-order valence-electron chi connectivity index (χ4n) is 2.88. The molecule has 0 amide bonds. The van der Waals surface area contributed by atoms with Crippen LogP contribution in [0.1, 0.15) is 32.4 Å². The SMILES string of the molecule is CCNc1nc(C)cc2cnc(NC3CC(C)(N)C3)nc12. The maximum Gasteiger partial charge on any atom is 0.223 e. The maximum absolute atomic E-state index is 6.04. The normalized spacial score (nSPS) is 24.7. The van der Waals surface area contributed by atoms with E-state index in [-0.39, 0.29) is 5.54 Å². The van der Waals surface area contributed by atoms with Crippen molar-refractivity contribution < 1.29 is 0 Å². The lowest BCUT2D eigenvalue weighted by Crippen LogP contribution is -2.54. The number of fused-ring (bicyclic) bond motifs is 1. The number of rotatable bonds is 4. The van der Waals surface area contributed by atoms with E-state index in [1.165, 1.54) is 0 Å². The molecule has 0 aromatic carbocycles. The van der Waals surface area contributed by atoms with Gasteiger partial charge in [-0.25, -0.2) is 15.0 Å². The molecule has 3 rings (SSSR count). The molecule has 1 aliphatic rings. The van der Waals surface area contributed by atoms with E-state index in [9.17, 15) is 0 Å². The van der Waals surface area contributed by atoms with Crippen LogP contribution in [0.5, 0.6) is 0 Å². The second-order valence-electron chi connectivity index (χ2n) is 6.18. The van der Waals surface area contributed by atoms with Gasteiger partial charge < -0.3 is 16.4 Å². The zero-order chi connectivity index (χ0) is 15.0. The zero-order valence-electron chi connectivity index (χ0n) is 12.8. The molecule has 6 nitrogen and oxygen atoms in total. The molecule has 0 unspecified atom stereocenters. The van der Waals surface area contributed by atoms with Gasteiger partial charge in [0.15, 0.2) is 5.82 Å². The topological polar surface area (TPSA) is 88.8 Å². The molecule has 112 valence electrons. The van der Waals surface area contributed by atoms with Gasteiger partial charge in [-0.15, -0.1) is 0 Å². The second kappa shape index (κ2) is 5.11. The third-order valence-corrected chi connectivity index (χ3v) is 3.80. The van der Waals surface area contributed by atoms with Crippen LogP contribution in [-0.2, 0) is 0 Å². The van der Waals surface area contributed by atoms with Crippen molar-refractivity contribution in [2.45, 2.75) is 45.2 Å². The van der Waals surface area contributed by atoms with Crippen LogP contribution >= 0.6 is 0 Å². The van der Waals surface area contributed by atoms with Crippen LogP contribution in [0.25, 0.3) is 10.9 Å². The van der Waals surface area contributed by atoms with Gasteiger partial charge in [-0.3, -0.25) is 0 Å². The van der Waals surface area contributed by atoms with E-state index in [4.69, 9.17) is 5.73 Å². The minimum absolute atomic E-state index is 0.0535. The Morgan fingerprint density at radius 3 is 2.81 bits per heavy atom. The highest BCUT2D eigenvalue weighted by atomic mass is 15.1. The molecule has 0 radical (unpaired) electrons. The molecule has 1 saturated carbocycles. The van der Waals surface area contributed by atoms with Crippen LogP contribution in [0.3, 0.4) is 0 Å². The van der Waals surface area contributed by atoms with E-state index in [1.807, 2.05) is 26.1 Å². The average Bonchev–Trinajstić information content (AvgIpc) is 2.37. The molecule has 0 atom stereocenters. The van der Waals surface area contributed by atoms with Gasteiger partial charge in [0.1, 0.15) is 5.52 Å². The summed E-state index contributed by atoms with van der Waals surface area (Å²) in [7, 11) is 0. The molecule has 1 aliphatic carbocycles. The van der Waals surface area contributed by atoms with Crippen molar-refractivity contribution in [3.8, 4) is 0 Å². The lowest BCUT2D eigenvalue weighted by atomic mass is 9.75. The highest BCUT2D eigenvalue weighted by molar-refractivity contribution is 5.88. The number of hydrogen-bond donors (Lipinski definition) is 3. The van der Waals surface area contributed by atoms with Crippen molar-refractivity contribution in [2.75, 3.05) is 17.2 Å². The van der Waals surface area contributed by atoms with Gasteiger partial charge in [0.2, 0.25) is 5.95 Å². The molecule has 1 fully saturated rings. The van der Waals surface area contributed by atoms with Gasteiger partial charge in [-0.05, 0) is 39.7 Å². The summed E-state index contributed by atoms with van der Waals surface area (Å²) in [6.45, 7) is 6.91. The molecule has 2 aromatic heterocycles. The third-order valence-electron chi connectivity index (χ3n) is 3.80. The maximum atomic E-state index is 6.04. The molecule has 2 heterocycles. The van der Waals surface area contributed by atoms with E-state index >= 15 is 0 Å². The number of hydrogen-bond acceptors (Lipinski definition) is 6. The zero-order valence-corrected chi connectivity index (χ0v) is 12.8. The minimum atomic E-state index is -0.0535. The summed E-state index contributed by atoms with van der Waals surface area (Å²) >= 11 is 0. The lowest BCUT2D eigenvalue weighted by Gasteiger charge is -2.42. The summed E-state index contributed by atoms with van der Waals surface area (Å²) in [6.07, 6.45) is 3.74. The predicted octanol–water partition coefficient (Wildman–Crippen LogP) is 2.06. The summed E-state index contributed by atoms with van der Waals surface area (Å²) in [4.78, 5) is 13.5. The van der Waals surface area contributed by atoms with Crippen LogP contribution in [0, 0.1) is 6.92 Å². The third kappa shape index (κ3) is 2.90. The standard InChI is InChI=1S/C15H22N6/c1-4-17-13-12-10(5-9(2)19-13)8-18-14(21-12)20-11-6-15(3,16)7-11/h5,8,11H,4,6-7,16H2,1-3H3,(H,17,19)(H,18,20,21). The largest absolute Gasteiger partial charge is 0.369 e. The average molecular weight is 286 g/mol. The molecule has 6 heteroatoms. The second-order valence-corrected chi connectivity index (χ2v) is 6.18. The van der Waals surface area contributed by atoms with Crippen LogP contribution in [0.2, 0.25) is 0 Å². The molecule has 0 spiro atoms. The number of anilines is 2. The van der Waals surface area contributed by atoms with Crippen molar-refractivity contribution in [2.24, 2.45) is 5.73 Å². The molecule has 0 saturated heterocycles. The van der Waals surface area contributed by atoms with Gasteiger partial charge in [-0.2, -0.15) is 0 Å². The van der Waals surface area contributed by atoms with Gasteiger partial charge in [-0.1, -0.05) is 0 Å². The number of nitrogens with one attached hydrogen (secondary N) is 2.